The third-order valence-electron chi connectivity index (χ3n) is 6.31. The van der Waals surface area contributed by atoms with Crippen LogP contribution in [0.15, 0.2) is 47.4 Å². The zero-order valence-electron chi connectivity index (χ0n) is 19.8. The van der Waals surface area contributed by atoms with Gasteiger partial charge in [-0.25, -0.2) is 9.18 Å². The Kier molecular flexibility index (Phi) is 6.52. The summed E-state index contributed by atoms with van der Waals surface area (Å²) in [5, 5.41) is 3.23. The average molecular weight is 520 g/mol. The number of hydrogen-bond donors (Lipinski definition) is 1. The zero-order valence-corrected chi connectivity index (χ0v) is 19.8. The van der Waals surface area contributed by atoms with Crippen molar-refractivity contribution in [1.29, 1.82) is 0 Å². The van der Waals surface area contributed by atoms with Crippen molar-refractivity contribution < 1.29 is 31.8 Å². The van der Waals surface area contributed by atoms with Crippen LogP contribution in [0.25, 0.3) is 0 Å². The Bertz CT molecular complexity index is 1360. The van der Waals surface area contributed by atoms with E-state index in [4.69, 9.17) is 14.2 Å². The summed E-state index contributed by atoms with van der Waals surface area (Å²) < 4.78 is 71.4. The molecule has 1 aromatic carbocycles. The molecular formula is C25H24F4N4O4. The number of alkyl halides is 3. The molecule has 2 aliphatic heterocycles. The fraction of sp³-hybridized carbons (Fsp3) is 0.400. The van der Waals surface area contributed by atoms with E-state index in [2.05, 4.69) is 22.2 Å². The first-order valence-corrected chi connectivity index (χ1v) is 11.7. The van der Waals surface area contributed by atoms with Gasteiger partial charge in [-0.2, -0.15) is 18.2 Å². The fourth-order valence-corrected chi connectivity index (χ4v) is 4.50. The van der Waals surface area contributed by atoms with Gasteiger partial charge in [-0.3, -0.25) is 9.55 Å². The van der Waals surface area contributed by atoms with Crippen LogP contribution < -0.4 is 20.5 Å². The van der Waals surface area contributed by atoms with Crippen LogP contribution >= 0.6 is 0 Å². The molecule has 0 spiro atoms. The van der Waals surface area contributed by atoms with E-state index < -0.39 is 23.4 Å². The van der Waals surface area contributed by atoms with Crippen molar-refractivity contribution in [2.75, 3.05) is 25.1 Å². The SMILES string of the molecule is C[C@]12CO[C@H](CNc3cc(OCCc4ccc(Oc5ccnc(C(F)(F)F)c5)c(F)c4)nc(=O)n3C1)C2. The lowest BCUT2D eigenvalue weighted by Gasteiger charge is -2.27. The molecule has 0 saturated carbocycles. The van der Waals surface area contributed by atoms with E-state index in [9.17, 15) is 22.4 Å². The Hall–Kier alpha value is -3.67. The summed E-state index contributed by atoms with van der Waals surface area (Å²) in [7, 11) is 0. The molecule has 5 rings (SSSR count). The molecule has 4 heterocycles. The molecule has 196 valence electrons. The Morgan fingerprint density at radius 2 is 2.08 bits per heavy atom. The van der Waals surface area contributed by atoms with E-state index in [1.165, 1.54) is 18.2 Å². The van der Waals surface area contributed by atoms with E-state index in [-0.39, 0.29) is 35.5 Å². The van der Waals surface area contributed by atoms with Gasteiger partial charge < -0.3 is 19.5 Å². The second-order valence-electron chi connectivity index (χ2n) is 9.52. The van der Waals surface area contributed by atoms with Gasteiger partial charge in [0.15, 0.2) is 11.6 Å². The molecule has 0 radical (unpaired) electrons. The van der Waals surface area contributed by atoms with Crippen molar-refractivity contribution in [1.82, 2.24) is 14.5 Å². The molecule has 0 aliphatic carbocycles. The van der Waals surface area contributed by atoms with Crippen molar-refractivity contribution >= 4 is 5.82 Å². The van der Waals surface area contributed by atoms with Crippen LogP contribution in [0.1, 0.15) is 24.6 Å². The highest BCUT2D eigenvalue weighted by Gasteiger charge is 2.39. The number of pyridine rings is 1. The lowest BCUT2D eigenvalue weighted by atomic mass is 9.87. The summed E-state index contributed by atoms with van der Waals surface area (Å²) >= 11 is 0. The monoisotopic (exact) mass is 520 g/mol. The van der Waals surface area contributed by atoms with Gasteiger partial charge in [0.25, 0.3) is 0 Å². The predicted octanol–water partition coefficient (Wildman–Crippen LogP) is 4.43. The lowest BCUT2D eigenvalue weighted by Crippen LogP contribution is -2.36. The number of fused-ring (bicyclic) bond motifs is 3. The maximum Gasteiger partial charge on any atom is 0.433 e. The van der Waals surface area contributed by atoms with Crippen LogP contribution in [0.4, 0.5) is 23.4 Å². The minimum atomic E-state index is -4.64. The van der Waals surface area contributed by atoms with Gasteiger partial charge in [-0.1, -0.05) is 13.0 Å². The van der Waals surface area contributed by atoms with Crippen molar-refractivity contribution in [3.8, 4) is 17.4 Å². The summed E-state index contributed by atoms with van der Waals surface area (Å²) in [6.45, 7) is 3.86. The molecule has 12 heteroatoms. The molecule has 2 aliphatic rings. The van der Waals surface area contributed by atoms with Gasteiger partial charge in [-0.05, 0) is 30.2 Å². The second kappa shape index (κ2) is 9.66. The quantitative estimate of drug-likeness (QED) is 0.481. The van der Waals surface area contributed by atoms with Crippen LogP contribution in [-0.2, 0) is 23.9 Å². The summed E-state index contributed by atoms with van der Waals surface area (Å²) in [5.74, 6) is -0.390. The fourth-order valence-electron chi connectivity index (χ4n) is 4.50. The van der Waals surface area contributed by atoms with Gasteiger partial charge in [-0.15, -0.1) is 0 Å². The van der Waals surface area contributed by atoms with Crippen LogP contribution in [0.3, 0.4) is 0 Å². The molecule has 8 nitrogen and oxygen atoms in total. The first-order chi connectivity index (χ1) is 17.6. The van der Waals surface area contributed by atoms with Gasteiger partial charge in [0.05, 0.1) is 19.3 Å². The van der Waals surface area contributed by atoms with Crippen LogP contribution in [-0.4, -0.2) is 40.4 Å². The summed E-state index contributed by atoms with van der Waals surface area (Å²) in [6, 6.07) is 7.69. The minimum absolute atomic E-state index is 0.0819. The molecule has 0 amide bonds. The first kappa shape index (κ1) is 25.0. The first-order valence-electron chi connectivity index (χ1n) is 11.7. The number of benzene rings is 1. The van der Waals surface area contributed by atoms with E-state index in [1.54, 1.807) is 16.7 Å². The highest BCUT2D eigenvalue weighted by atomic mass is 19.4. The van der Waals surface area contributed by atoms with Crippen molar-refractivity contribution in [3.05, 3.63) is 70.2 Å². The van der Waals surface area contributed by atoms with Gasteiger partial charge in [0.2, 0.25) is 5.88 Å². The standard InChI is InChI=1S/C25H24F4N4O4/c1-24-11-17(36-14-24)12-31-21-10-22(32-23(34)33(21)13-24)35-7-5-15-2-3-19(18(26)8-15)37-16-4-6-30-20(9-16)25(27,28)29/h2-4,6,8-10,17,31H,5,7,11-14H2,1H3/t17-,24+/m0/s1. The minimum Gasteiger partial charge on any atom is -0.477 e. The Morgan fingerprint density at radius 1 is 1.24 bits per heavy atom. The molecule has 0 unspecified atom stereocenters. The molecule has 37 heavy (non-hydrogen) atoms. The third kappa shape index (κ3) is 5.68. The molecule has 1 N–H and O–H groups in total. The van der Waals surface area contributed by atoms with Crippen LogP contribution in [0.5, 0.6) is 17.4 Å². The van der Waals surface area contributed by atoms with E-state index in [0.717, 1.165) is 12.6 Å². The van der Waals surface area contributed by atoms with Gasteiger partial charge in [0, 0.05) is 43.3 Å². The number of ether oxygens (including phenoxy) is 3. The van der Waals surface area contributed by atoms with Crippen molar-refractivity contribution in [2.24, 2.45) is 5.41 Å². The number of aromatic nitrogens is 3. The highest BCUT2D eigenvalue weighted by molar-refractivity contribution is 5.40. The van der Waals surface area contributed by atoms with Gasteiger partial charge in [0.1, 0.15) is 17.3 Å². The normalized spacial score (nSPS) is 20.9. The molecule has 1 saturated heterocycles. The summed E-state index contributed by atoms with van der Waals surface area (Å²) in [5.41, 5.74) is -1.12. The highest BCUT2D eigenvalue weighted by Crippen LogP contribution is 2.36. The Labute approximate surface area is 209 Å². The lowest BCUT2D eigenvalue weighted by molar-refractivity contribution is -0.141. The Balaban J connectivity index is 1.22. The second-order valence-corrected chi connectivity index (χ2v) is 9.52. The van der Waals surface area contributed by atoms with Crippen molar-refractivity contribution in [2.45, 2.75) is 38.6 Å². The number of hydrogen-bond acceptors (Lipinski definition) is 7. The number of nitrogens with zero attached hydrogens (tertiary/aromatic N) is 3. The summed E-state index contributed by atoms with van der Waals surface area (Å²) in [4.78, 5) is 20.0. The molecular weight excluding hydrogens is 496 g/mol. The molecule has 2 atom stereocenters. The maximum absolute atomic E-state index is 14.6. The number of nitrogens with one attached hydrogen (secondary N) is 1. The number of rotatable bonds is 6. The number of halogens is 4. The molecule has 2 aromatic heterocycles. The summed E-state index contributed by atoms with van der Waals surface area (Å²) in [6.07, 6.45) is -2.45. The maximum atomic E-state index is 14.6. The predicted molar refractivity (Wildman–Crippen MR) is 124 cm³/mol. The molecule has 2 bridgehead atoms. The topological polar surface area (TPSA) is 87.5 Å². The van der Waals surface area contributed by atoms with E-state index in [0.29, 0.717) is 43.6 Å². The Morgan fingerprint density at radius 3 is 2.86 bits per heavy atom. The third-order valence-corrected chi connectivity index (χ3v) is 6.31. The molecule has 3 aromatic rings. The average Bonchev–Trinajstić information content (AvgIpc) is 3.23. The largest absolute Gasteiger partial charge is 0.477 e. The smallest absolute Gasteiger partial charge is 0.433 e. The molecule has 1 fully saturated rings. The van der Waals surface area contributed by atoms with E-state index >= 15 is 0 Å². The van der Waals surface area contributed by atoms with Crippen LogP contribution in [0.2, 0.25) is 0 Å². The van der Waals surface area contributed by atoms with Crippen LogP contribution in [0, 0.1) is 11.2 Å². The zero-order chi connectivity index (χ0) is 26.2. The van der Waals surface area contributed by atoms with Crippen molar-refractivity contribution in [3.63, 3.8) is 0 Å². The van der Waals surface area contributed by atoms with Gasteiger partial charge >= 0.3 is 11.9 Å². The number of anilines is 1. The van der Waals surface area contributed by atoms with E-state index in [1.807, 2.05) is 0 Å².